The molecule has 0 aromatic heterocycles. The summed E-state index contributed by atoms with van der Waals surface area (Å²) in [4.78, 5) is 122. The van der Waals surface area contributed by atoms with Gasteiger partial charge in [-0.25, -0.2) is 14.6 Å². The average molecular weight is 627 g/mol. The van der Waals surface area contributed by atoms with E-state index in [2.05, 4.69) is 0 Å². The second-order valence-corrected chi connectivity index (χ2v) is 10.4. The summed E-state index contributed by atoms with van der Waals surface area (Å²) in [6, 6.07) is 0. The molecule has 18 nitrogen and oxygen atoms in total. The first kappa shape index (κ1) is 37.9. The summed E-state index contributed by atoms with van der Waals surface area (Å²) in [6.45, 7) is 0. The second kappa shape index (κ2) is 14.8. The molecule has 0 aliphatic carbocycles. The first-order valence-corrected chi connectivity index (χ1v) is 11.6. The van der Waals surface area contributed by atoms with Gasteiger partial charge in [-0.1, -0.05) is 0 Å². The molecule has 0 aromatic carbocycles. The van der Waals surface area contributed by atoms with Gasteiger partial charge in [0.2, 0.25) is 13.1 Å². The van der Waals surface area contributed by atoms with Crippen molar-refractivity contribution in [3.63, 3.8) is 0 Å². The topological polar surface area (TPSA) is 362 Å². The maximum Gasteiger partial charge on any atom is 4.00 e. The van der Waals surface area contributed by atoms with E-state index in [0.29, 0.717) is 0 Å². The fourth-order valence-electron chi connectivity index (χ4n) is 2.37. The van der Waals surface area contributed by atoms with Crippen LogP contribution in [0.2, 0.25) is 0 Å². The first-order valence-electron chi connectivity index (χ1n) is 8.43. The molecule has 2 atom stereocenters. The molecule has 0 amide bonds. The molecule has 0 spiro atoms. The van der Waals surface area contributed by atoms with Crippen LogP contribution in [-0.2, 0) is 55.0 Å². The Morgan fingerprint density at radius 3 is 1.31 bits per heavy atom. The van der Waals surface area contributed by atoms with Crippen LogP contribution in [0.25, 0.3) is 0 Å². The SMILES string of the molecule is O=C(O)CCC(CC(=O)O)(C(=O)O)[P+]([O-])(O)O.O=C([O-])CCC(CC(=O)[O-])(C(=O)[O-])[P+]([O-])([O-])O.[Zr+4]. The Balaban J connectivity index is -0.000000569. The van der Waals surface area contributed by atoms with Crippen molar-refractivity contribution in [1.82, 2.24) is 0 Å². The molecule has 196 valence electrons. The molecule has 0 heterocycles. The Morgan fingerprint density at radius 1 is 0.657 bits per heavy atom. The summed E-state index contributed by atoms with van der Waals surface area (Å²) < 4.78 is 0. The van der Waals surface area contributed by atoms with Crippen molar-refractivity contribution in [3.8, 4) is 0 Å². The van der Waals surface area contributed by atoms with Crippen LogP contribution in [0.3, 0.4) is 0 Å². The standard InChI is InChI=1S/2C7H11O9P.Zr/c2*8-4(9)1-2-7(6(12)13,3-5(10)11)17(14,15)16;/h2*1-3H2,(H,8,9)(H,10,11)(H,12,13)(H2,14,15,16);/q;;+4/p-4. The number of carboxylic acid groups (broad SMARTS) is 6. The average Bonchev–Trinajstić information content (AvgIpc) is 2.59. The normalized spacial score (nSPS) is 14.6. The van der Waals surface area contributed by atoms with Crippen molar-refractivity contribution in [3.05, 3.63) is 0 Å². The molecule has 0 saturated carbocycles. The minimum atomic E-state index is -5.70. The Labute approximate surface area is 215 Å². The third kappa shape index (κ3) is 11.7. The van der Waals surface area contributed by atoms with Gasteiger partial charge in [-0.15, -0.1) is 0 Å². The fraction of sp³-hybridized carbons (Fsp3) is 0.571. The number of carbonyl (C=O) groups is 6. The number of carbonyl (C=O) groups excluding carboxylic acids is 3. The van der Waals surface area contributed by atoms with Crippen molar-refractivity contribution in [2.45, 2.75) is 48.8 Å². The van der Waals surface area contributed by atoms with E-state index in [1.165, 1.54) is 0 Å². The van der Waals surface area contributed by atoms with Crippen molar-refractivity contribution in [2.75, 3.05) is 0 Å². The number of hydrogen-bond acceptors (Lipinski definition) is 15. The molecule has 0 aliphatic rings. The van der Waals surface area contributed by atoms with Gasteiger partial charge >= 0.3 is 44.1 Å². The molecule has 35 heavy (non-hydrogen) atoms. The summed E-state index contributed by atoms with van der Waals surface area (Å²) in [5, 5.41) is 50.5. The van der Waals surface area contributed by atoms with Crippen molar-refractivity contribution in [1.29, 1.82) is 0 Å². The Morgan fingerprint density at radius 2 is 1.09 bits per heavy atom. The fourth-order valence-corrected chi connectivity index (χ4v) is 4.32. The molecule has 21 heteroatoms. The first-order chi connectivity index (χ1) is 15.1. The predicted molar refractivity (Wildman–Crippen MR) is 91.6 cm³/mol. The zero-order valence-electron chi connectivity index (χ0n) is 17.2. The Bertz CT molecular complexity index is 738. The van der Waals surface area contributed by atoms with Gasteiger partial charge in [0.05, 0.1) is 20.3 Å². The molecule has 2 unspecified atom stereocenters. The molecule has 0 radical (unpaired) electrons. The van der Waals surface area contributed by atoms with Gasteiger partial charge in [-0.2, -0.15) is 0 Å². The van der Waals surface area contributed by atoms with E-state index in [1.807, 2.05) is 0 Å². The molecule has 0 bridgehead atoms. The molecule has 0 fully saturated rings. The van der Waals surface area contributed by atoms with Gasteiger partial charge in [-0.05, 0) is 12.8 Å². The van der Waals surface area contributed by atoms with Crippen LogP contribution in [0, 0.1) is 0 Å². The van der Waals surface area contributed by atoms with E-state index in [1.54, 1.807) is 0 Å². The molecular formula is C14H18O18P2Zr. The number of rotatable bonds is 14. The van der Waals surface area contributed by atoms with Crippen LogP contribution in [0.4, 0.5) is 0 Å². The van der Waals surface area contributed by atoms with Gasteiger partial charge in [0.1, 0.15) is 11.6 Å². The van der Waals surface area contributed by atoms with Crippen LogP contribution < -0.4 is 30.0 Å². The minimum absolute atomic E-state index is 0. The molecule has 0 rings (SSSR count). The number of aliphatic carboxylic acids is 6. The quantitative estimate of drug-likeness (QED) is 0.0973. The van der Waals surface area contributed by atoms with E-state index in [-0.39, 0.29) is 26.2 Å². The van der Waals surface area contributed by atoms with Crippen LogP contribution in [-0.4, -0.2) is 76.1 Å². The van der Waals surface area contributed by atoms with E-state index in [4.69, 9.17) is 30.0 Å². The van der Waals surface area contributed by atoms with Gasteiger partial charge in [0, 0.05) is 24.8 Å². The zero-order chi connectivity index (χ0) is 27.7. The molecule has 0 aromatic rings. The smallest absolute Gasteiger partial charge is 0.659 e. The molecule has 6 N–H and O–H groups in total. The van der Waals surface area contributed by atoms with Crippen LogP contribution >= 0.6 is 15.9 Å². The Hall–Kier alpha value is -1.68. The van der Waals surface area contributed by atoms with Gasteiger partial charge < -0.3 is 59.7 Å². The summed E-state index contributed by atoms with van der Waals surface area (Å²) in [5.41, 5.74) is 0. The zero-order valence-corrected chi connectivity index (χ0v) is 21.5. The summed E-state index contributed by atoms with van der Waals surface area (Å²) >= 11 is 0. The van der Waals surface area contributed by atoms with Crippen LogP contribution in [0.15, 0.2) is 0 Å². The third-order valence-corrected chi connectivity index (χ3v) is 7.59. The molecule has 0 aliphatic heterocycles. The number of hydrogen-bond donors (Lipinski definition) is 6. The van der Waals surface area contributed by atoms with Crippen molar-refractivity contribution in [2.24, 2.45) is 0 Å². The van der Waals surface area contributed by atoms with Gasteiger partial charge in [-0.3, -0.25) is 14.5 Å². The second-order valence-electron chi connectivity index (χ2n) is 6.61. The van der Waals surface area contributed by atoms with E-state index >= 15 is 0 Å². The predicted octanol–water partition coefficient (Wildman–Crippen LogP) is -8.13. The summed E-state index contributed by atoms with van der Waals surface area (Å²) in [5.74, 6) is -11.5. The number of carboxylic acids is 6. The molecule has 0 saturated heterocycles. The minimum Gasteiger partial charge on any atom is -0.659 e. The summed E-state index contributed by atoms with van der Waals surface area (Å²) in [7, 11) is -11.0. The maximum atomic E-state index is 11.1. The van der Waals surface area contributed by atoms with Crippen molar-refractivity contribution < 1.29 is 115 Å². The maximum absolute atomic E-state index is 11.1. The third-order valence-electron chi connectivity index (χ3n) is 4.25. The van der Waals surface area contributed by atoms with Crippen LogP contribution in [0.1, 0.15) is 38.5 Å². The Kier molecular flexibility index (Phi) is 16.0. The monoisotopic (exact) mass is 626 g/mol. The van der Waals surface area contributed by atoms with Gasteiger partial charge in [0.25, 0.3) is 0 Å². The van der Waals surface area contributed by atoms with E-state index in [0.717, 1.165) is 0 Å². The summed E-state index contributed by atoms with van der Waals surface area (Å²) in [6.07, 6.45) is -7.05. The largest absolute Gasteiger partial charge is 4.00 e. The van der Waals surface area contributed by atoms with Gasteiger partial charge in [0.15, 0.2) is 0 Å². The van der Waals surface area contributed by atoms with Crippen molar-refractivity contribution >= 4 is 51.7 Å². The van der Waals surface area contributed by atoms with E-state index in [9.17, 15) is 58.8 Å². The van der Waals surface area contributed by atoms with E-state index < -0.39 is 101 Å². The van der Waals surface area contributed by atoms with Crippen LogP contribution in [0.5, 0.6) is 0 Å². The molecular weight excluding hydrogens is 609 g/mol.